The highest BCUT2D eigenvalue weighted by atomic mass is 35.5. The predicted octanol–water partition coefficient (Wildman–Crippen LogP) is 2.30. The van der Waals surface area contributed by atoms with Gasteiger partial charge in [-0.15, -0.1) is 24.8 Å². The molecule has 1 aliphatic rings. The van der Waals surface area contributed by atoms with Gasteiger partial charge in [-0.1, -0.05) is 18.2 Å². The molecule has 6 heteroatoms. The fourth-order valence-electron chi connectivity index (χ4n) is 2.64. The van der Waals surface area contributed by atoms with Gasteiger partial charge >= 0.3 is 0 Å². The number of hydrogen-bond acceptors (Lipinski definition) is 3. The molecule has 1 aromatic carbocycles. The Hall–Kier alpha value is -0.970. The zero-order valence-electron chi connectivity index (χ0n) is 12.6. The topological polar surface area (TPSA) is 49.6 Å². The van der Waals surface area contributed by atoms with E-state index in [0.717, 1.165) is 25.9 Å². The Labute approximate surface area is 139 Å². The van der Waals surface area contributed by atoms with E-state index in [2.05, 4.69) is 36.2 Å². The van der Waals surface area contributed by atoms with Crippen LogP contribution in [0.25, 0.3) is 0 Å². The second kappa shape index (κ2) is 9.13. The first kappa shape index (κ1) is 20.0. The van der Waals surface area contributed by atoms with Crippen molar-refractivity contribution in [2.45, 2.75) is 31.8 Å². The van der Waals surface area contributed by atoms with E-state index in [0.29, 0.717) is 6.04 Å². The minimum atomic E-state index is -0.386. The number of halogens is 2. The SMILES string of the molecule is C[C@@H](N)C(=O)N1CCC(N(C)c2ccccc2)CC1.Cl.Cl. The van der Waals surface area contributed by atoms with E-state index in [9.17, 15) is 4.79 Å². The number of piperidine rings is 1. The van der Waals surface area contributed by atoms with Crippen LogP contribution in [-0.4, -0.2) is 43.0 Å². The molecule has 1 atom stereocenters. The molecule has 1 saturated heterocycles. The average Bonchev–Trinajstić information content (AvgIpc) is 2.46. The van der Waals surface area contributed by atoms with E-state index in [1.807, 2.05) is 11.0 Å². The Bertz CT molecular complexity index is 420. The molecule has 1 fully saturated rings. The van der Waals surface area contributed by atoms with Crippen molar-refractivity contribution in [1.82, 2.24) is 4.90 Å². The molecule has 0 saturated carbocycles. The van der Waals surface area contributed by atoms with Gasteiger partial charge in [-0.3, -0.25) is 4.79 Å². The van der Waals surface area contributed by atoms with E-state index in [4.69, 9.17) is 5.73 Å². The molecule has 0 unspecified atom stereocenters. The standard InChI is InChI=1S/C15H23N3O.2ClH/c1-12(16)15(19)18-10-8-14(9-11-18)17(2)13-6-4-3-5-7-13;;/h3-7,12,14H,8-11,16H2,1-2H3;2*1H/t12-;;/m1../s1. The van der Waals surface area contributed by atoms with Gasteiger partial charge in [-0.05, 0) is 31.9 Å². The van der Waals surface area contributed by atoms with Crippen LogP contribution in [0.2, 0.25) is 0 Å². The normalized spacial score (nSPS) is 16.4. The van der Waals surface area contributed by atoms with Gasteiger partial charge in [0.2, 0.25) is 5.91 Å². The number of carbonyl (C=O) groups is 1. The van der Waals surface area contributed by atoms with Crippen LogP contribution >= 0.6 is 24.8 Å². The zero-order chi connectivity index (χ0) is 13.8. The summed E-state index contributed by atoms with van der Waals surface area (Å²) in [5.41, 5.74) is 6.89. The van der Waals surface area contributed by atoms with Crippen molar-refractivity contribution in [3.63, 3.8) is 0 Å². The number of hydrogen-bond donors (Lipinski definition) is 1. The Morgan fingerprint density at radius 2 is 1.76 bits per heavy atom. The molecule has 1 aliphatic heterocycles. The second-order valence-electron chi connectivity index (χ2n) is 5.29. The molecular weight excluding hydrogens is 309 g/mol. The van der Waals surface area contributed by atoms with Crippen LogP contribution in [0.5, 0.6) is 0 Å². The van der Waals surface area contributed by atoms with Crippen molar-refractivity contribution in [2.24, 2.45) is 5.73 Å². The minimum Gasteiger partial charge on any atom is -0.371 e. The van der Waals surface area contributed by atoms with Gasteiger partial charge < -0.3 is 15.5 Å². The Morgan fingerprint density at radius 1 is 1.24 bits per heavy atom. The molecule has 2 N–H and O–H groups in total. The van der Waals surface area contributed by atoms with Crippen LogP contribution in [0.15, 0.2) is 30.3 Å². The molecule has 0 spiro atoms. The van der Waals surface area contributed by atoms with Gasteiger partial charge in [0.05, 0.1) is 6.04 Å². The lowest BCUT2D eigenvalue weighted by molar-refractivity contribution is -0.133. The summed E-state index contributed by atoms with van der Waals surface area (Å²) in [6.45, 7) is 3.37. The van der Waals surface area contributed by atoms with Gasteiger partial charge in [0.25, 0.3) is 0 Å². The van der Waals surface area contributed by atoms with E-state index in [1.165, 1.54) is 5.69 Å². The highest BCUT2D eigenvalue weighted by molar-refractivity contribution is 5.85. The third-order valence-electron chi connectivity index (χ3n) is 3.88. The zero-order valence-corrected chi connectivity index (χ0v) is 14.2. The number of benzene rings is 1. The summed E-state index contributed by atoms with van der Waals surface area (Å²) < 4.78 is 0. The van der Waals surface area contributed by atoms with Crippen molar-refractivity contribution >= 4 is 36.4 Å². The lowest BCUT2D eigenvalue weighted by Crippen LogP contribution is -2.49. The van der Waals surface area contributed by atoms with Crippen molar-refractivity contribution in [3.05, 3.63) is 30.3 Å². The maximum atomic E-state index is 11.8. The quantitative estimate of drug-likeness (QED) is 0.923. The molecule has 120 valence electrons. The summed E-state index contributed by atoms with van der Waals surface area (Å²) in [7, 11) is 2.13. The number of rotatable bonds is 3. The summed E-state index contributed by atoms with van der Waals surface area (Å²) in [5, 5.41) is 0. The largest absolute Gasteiger partial charge is 0.371 e. The van der Waals surface area contributed by atoms with Gasteiger partial charge in [-0.2, -0.15) is 0 Å². The van der Waals surface area contributed by atoms with Crippen LogP contribution in [-0.2, 0) is 4.79 Å². The van der Waals surface area contributed by atoms with Crippen molar-refractivity contribution in [3.8, 4) is 0 Å². The van der Waals surface area contributed by atoms with Crippen molar-refractivity contribution in [1.29, 1.82) is 0 Å². The lowest BCUT2D eigenvalue weighted by Gasteiger charge is -2.38. The predicted molar refractivity (Wildman–Crippen MR) is 92.6 cm³/mol. The smallest absolute Gasteiger partial charge is 0.239 e. The molecule has 2 rings (SSSR count). The van der Waals surface area contributed by atoms with Crippen molar-refractivity contribution in [2.75, 3.05) is 25.0 Å². The number of nitrogens with two attached hydrogens (primary N) is 1. The number of likely N-dealkylation sites (tertiary alicyclic amines) is 1. The first-order chi connectivity index (χ1) is 9.09. The first-order valence-corrected chi connectivity index (χ1v) is 6.92. The first-order valence-electron chi connectivity index (χ1n) is 6.92. The summed E-state index contributed by atoms with van der Waals surface area (Å²) in [5.74, 6) is 0.0702. The van der Waals surface area contributed by atoms with E-state index in [-0.39, 0.29) is 36.8 Å². The average molecular weight is 334 g/mol. The van der Waals surface area contributed by atoms with Crippen LogP contribution in [0.4, 0.5) is 5.69 Å². The van der Waals surface area contributed by atoms with Gasteiger partial charge in [0.15, 0.2) is 0 Å². The van der Waals surface area contributed by atoms with Gasteiger partial charge in [0.1, 0.15) is 0 Å². The molecule has 4 nitrogen and oxygen atoms in total. The summed E-state index contributed by atoms with van der Waals surface area (Å²) >= 11 is 0. The summed E-state index contributed by atoms with van der Waals surface area (Å²) in [6, 6.07) is 10.5. The second-order valence-corrected chi connectivity index (χ2v) is 5.29. The Morgan fingerprint density at radius 3 is 2.24 bits per heavy atom. The van der Waals surface area contributed by atoms with Crippen LogP contribution in [0, 0.1) is 0 Å². The third kappa shape index (κ3) is 5.06. The molecule has 1 aromatic rings. The highest BCUT2D eigenvalue weighted by Crippen LogP contribution is 2.21. The monoisotopic (exact) mass is 333 g/mol. The van der Waals surface area contributed by atoms with Crippen LogP contribution in [0.3, 0.4) is 0 Å². The van der Waals surface area contributed by atoms with Crippen LogP contribution in [0.1, 0.15) is 19.8 Å². The Kier molecular flexibility index (Phi) is 8.71. The number of carbonyl (C=O) groups excluding carboxylic acids is 1. The molecule has 0 bridgehead atoms. The number of anilines is 1. The molecule has 0 aliphatic carbocycles. The van der Waals surface area contributed by atoms with E-state index < -0.39 is 0 Å². The van der Waals surface area contributed by atoms with Crippen molar-refractivity contribution < 1.29 is 4.79 Å². The summed E-state index contributed by atoms with van der Waals surface area (Å²) in [4.78, 5) is 16.0. The molecule has 1 heterocycles. The number of amides is 1. The van der Waals surface area contributed by atoms with E-state index in [1.54, 1.807) is 6.92 Å². The highest BCUT2D eigenvalue weighted by Gasteiger charge is 2.26. The maximum Gasteiger partial charge on any atom is 0.239 e. The van der Waals surface area contributed by atoms with E-state index >= 15 is 0 Å². The minimum absolute atomic E-state index is 0. The third-order valence-corrected chi connectivity index (χ3v) is 3.88. The fraction of sp³-hybridized carbons (Fsp3) is 0.533. The Balaban J connectivity index is 0.00000200. The maximum absolute atomic E-state index is 11.8. The molecule has 1 amide bonds. The molecule has 21 heavy (non-hydrogen) atoms. The summed E-state index contributed by atoms with van der Waals surface area (Å²) in [6.07, 6.45) is 2.01. The van der Waals surface area contributed by atoms with Gasteiger partial charge in [-0.25, -0.2) is 0 Å². The number of nitrogens with zero attached hydrogens (tertiary/aromatic N) is 2. The molecule has 0 aromatic heterocycles. The number of para-hydroxylation sites is 1. The van der Waals surface area contributed by atoms with Gasteiger partial charge in [0, 0.05) is 31.9 Å². The van der Waals surface area contributed by atoms with Crippen LogP contribution < -0.4 is 10.6 Å². The fourth-order valence-corrected chi connectivity index (χ4v) is 2.64. The molecular formula is C15H25Cl2N3O. The lowest BCUT2D eigenvalue weighted by atomic mass is 10.0. The molecule has 0 radical (unpaired) electrons.